The predicted molar refractivity (Wildman–Crippen MR) is 109 cm³/mol. The van der Waals surface area contributed by atoms with E-state index in [2.05, 4.69) is 23.6 Å². The van der Waals surface area contributed by atoms with Gasteiger partial charge < -0.3 is 15.4 Å². The average molecular weight is 387 g/mol. The van der Waals surface area contributed by atoms with Crippen molar-refractivity contribution in [1.29, 1.82) is 0 Å². The van der Waals surface area contributed by atoms with Crippen LogP contribution >= 0.6 is 11.6 Å². The Morgan fingerprint density at radius 3 is 2.59 bits per heavy atom. The van der Waals surface area contributed by atoms with Gasteiger partial charge in [-0.25, -0.2) is 0 Å². The van der Waals surface area contributed by atoms with Gasteiger partial charge in [-0.05, 0) is 48.6 Å². The summed E-state index contributed by atoms with van der Waals surface area (Å²) in [6.07, 6.45) is 2.46. The molecule has 0 aliphatic carbocycles. The number of amides is 1. The first-order valence-electron chi connectivity index (χ1n) is 9.57. The Morgan fingerprint density at radius 2 is 1.93 bits per heavy atom. The lowest BCUT2D eigenvalue weighted by atomic mass is 9.75. The maximum Gasteiger partial charge on any atom is 0.229 e. The van der Waals surface area contributed by atoms with Crippen LogP contribution in [0.2, 0.25) is 5.02 Å². The maximum atomic E-state index is 12.9. The van der Waals surface area contributed by atoms with Crippen LogP contribution in [0.5, 0.6) is 5.75 Å². The van der Waals surface area contributed by atoms with E-state index in [0.29, 0.717) is 31.3 Å². The third-order valence-corrected chi connectivity index (χ3v) is 5.23. The second-order valence-corrected chi connectivity index (χ2v) is 7.59. The molecule has 1 amide bonds. The summed E-state index contributed by atoms with van der Waals surface area (Å²) in [5, 5.41) is 7.09. The van der Waals surface area contributed by atoms with Gasteiger partial charge in [0.15, 0.2) is 0 Å². The number of rotatable bonds is 9. The Bertz CT molecular complexity index is 757. The molecule has 3 rings (SSSR count). The van der Waals surface area contributed by atoms with E-state index in [1.807, 2.05) is 42.5 Å². The number of halogens is 1. The monoisotopic (exact) mass is 386 g/mol. The molecule has 5 heteroatoms. The van der Waals surface area contributed by atoms with Crippen LogP contribution in [-0.4, -0.2) is 32.1 Å². The van der Waals surface area contributed by atoms with Gasteiger partial charge in [-0.2, -0.15) is 0 Å². The molecule has 144 valence electrons. The maximum absolute atomic E-state index is 12.9. The van der Waals surface area contributed by atoms with Gasteiger partial charge in [-0.3, -0.25) is 4.79 Å². The number of para-hydroxylation sites is 1. The number of nitrogens with one attached hydrogen (secondary N) is 2. The molecule has 4 nitrogen and oxygen atoms in total. The van der Waals surface area contributed by atoms with Crippen LogP contribution in [-0.2, 0) is 17.6 Å². The molecule has 2 aromatic carbocycles. The normalized spacial score (nSPS) is 15.0. The van der Waals surface area contributed by atoms with Crippen LogP contribution in [0, 0.1) is 5.41 Å². The molecule has 0 unspecified atom stereocenters. The SMILES string of the molecule is CCCOc1ccccc1CCNC(=O)C1(Cc2ccc(Cl)cc2)CNC1. The molecule has 1 fully saturated rings. The van der Waals surface area contributed by atoms with Crippen molar-refractivity contribution in [2.75, 3.05) is 26.2 Å². The average Bonchev–Trinajstić information content (AvgIpc) is 2.65. The lowest BCUT2D eigenvalue weighted by Gasteiger charge is -2.41. The summed E-state index contributed by atoms with van der Waals surface area (Å²) in [7, 11) is 0. The Kier molecular flexibility index (Phi) is 6.75. The van der Waals surface area contributed by atoms with E-state index in [0.717, 1.165) is 36.1 Å². The van der Waals surface area contributed by atoms with Crippen molar-refractivity contribution in [3.05, 3.63) is 64.7 Å². The van der Waals surface area contributed by atoms with Crippen molar-refractivity contribution < 1.29 is 9.53 Å². The molecule has 1 saturated heterocycles. The van der Waals surface area contributed by atoms with Gasteiger partial charge in [0.05, 0.1) is 12.0 Å². The minimum absolute atomic E-state index is 0.114. The fraction of sp³-hybridized carbons (Fsp3) is 0.409. The molecular formula is C22H27ClN2O2. The van der Waals surface area contributed by atoms with Crippen molar-refractivity contribution in [1.82, 2.24) is 10.6 Å². The molecule has 0 bridgehead atoms. The summed E-state index contributed by atoms with van der Waals surface area (Å²) in [6.45, 7) is 4.82. The highest BCUT2D eigenvalue weighted by molar-refractivity contribution is 6.30. The highest BCUT2D eigenvalue weighted by Crippen LogP contribution is 2.29. The molecule has 2 aromatic rings. The van der Waals surface area contributed by atoms with Crippen LogP contribution in [0.3, 0.4) is 0 Å². The van der Waals surface area contributed by atoms with Crippen LogP contribution in [0.15, 0.2) is 48.5 Å². The topological polar surface area (TPSA) is 50.4 Å². The van der Waals surface area contributed by atoms with E-state index in [-0.39, 0.29) is 11.3 Å². The van der Waals surface area contributed by atoms with Crippen molar-refractivity contribution in [3.63, 3.8) is 0 Å². The zero-order chi connectivity index (χ0) is 19.1. The molecule has 0 radical (unpaired) electrons. The molecule has 1 aliphatic heterocycles. The predicted octanol–water partition coefficient (Wildman–Crippen LogP) is 3.62. The fourth-order valence-corrected chi connectivity index (χ4v) is 3.47. The molecular weight excluding hydrogens is 360 g/mol. The van der Waals surface area contributed by atoms with E-state index in [4.69, 9.17) is 16.3 Å². The molecule has 0 saturated carbocycles. The molecule has 27 heavy (non-hydrogen) atoms. The van der Waals surface area contributed by atoms with Crippen LogP contribution in [0.1, 0.15) is 24.5 Å². The summed E-state index contributed by atoms with van der Waals surface area (Å²) < 4.78 is 5.80. The standard InChI is InChI=1S/C22H27ClN2O2/c1-2-13-27-20-6-4-3-5-18(20)11-12-25-21(26)22(15-24-16-22)14-17-7-9-19(23)10-8-17/h3-10,24H,2,11-16H2,1H3,(H,25,26). The van der Waals surface area contributed by atoms with Crippen molar-refractivity contribution in [2.24, 2.45) is 5.41 Å². The molecule has 1 aliphatic rings. The van der Waals surface area contributed by atoms with E-state index in [1.54, 1.807) is 0 Å². The zero-order valence-electron chi connectivity index (χ0n) is 15.8. The number of carbonyl (C=O) groups is 1. The number of benzene rings is 2. The second kappa shape index (κ2) is 9.25. The third-order valence-electron chi connectivity index (χ3n) is 4.98. The molecule has 0 atom stereocenters. The number of hydrogen-bond donors (Lipinski definition) is 2. The molecule has 0 spiro atoms. The summed E-state index contributed by atoms with van der Waals surface area (Å²) in [6, 6.07) is 15.8. The van der Waals surface area contributed by atoms with Gasteiger partial charge in [0, 0.05) is 24.7 Å². The van der Waals surface area contributed by atoms with Gasteiger partial charge in [0.25, 0.3) is 0 Å². The fourth-order valence-electron chi connectivity index (χ4n) is 3.35. The molecule has 0 aromatic heterocycles. The van der Waals surface area contributed by atoms with E-state index >= 15 is 0 Å². The van der Waals surface area contributed by atoms with Gasteiger partial charge >= 0.3 is 0 Å². The van der Waals surface area contributed by atoms with Crippen molar-refractivity contribution in [3.8, 4) is 5.75 Å². The quantitative estimate of drug-likeness (QED) is 0.692. The Morgan fingerprint density at radius 1 is 1.19 bits per heavy atom. The first-order valence-corrected chi connectivity index (χ1v) is 9.95. The first-order chi connectivity index (χ1) is 13.1. The van der Waals surface area contributed by atoms with Crippen molar-refractivity contribution in [2.45, 2.75) is 26.2 Å². The highest BCUT2D eigenvalue weighted by atomic mass is 35.5. The first kappa shape index (κ1) is 19.7. The molecule has 1 heterocycles. The van der Waals surface area contributed by atoms with Crippen LogP contribution < -0.4 is 15.4 Å². The summed E-state index contributed by atoms with van der Waals surface area (Å²) in [5.41, 5.74) is 1.89. The lowest BCUT2D eigenvalue weighted by Crippen LogP contribution is -2.62. The van der Waals surface area contributed by atoms with Crippen molar-refractivity contribution >= 4 is 17.5 Å². The van der Waals surface area contributed by atoms with E-state index < -0.39 is 0 Å². The zero-order valence-corrected chi connectivity index (χ0v) is 16.5. The molecule has 2 N–H and O–H groups in total. The smallest absolute Gasteiger partial charge is 0.229 e. The van der Waals surface area contributed by atoms with Gasteiger partial charge in [-0.1, -0.05) is 48.9 Å². The van der Waals surface area contributed by atoms with Gasteiger partial charge in [0.1, 0.15) is 5.75 Å². The largest absolute Gasteiger partial charge is 0.493 e. The van der Waals surface area contributed by atoms with Gasteiger partial charge in [0.2, 0.25) is 5.91 Å². The van der Waals surface area contributed by atoms with Gasteiger partial charge in [-0.15, -0.1) is 0 Å². The minimum atomic E-state index is -0.369. The second-order valence-electron chi connectivity index (χ2n) is 7.15. The summed E-state index contributed by atoms with van der Waals surface area (Å²) >= 11 is 5.96. The number of hydrogen-bond acceptors (Lipinski definition) is 3. The number of carbonyl (C=O) groups excluding carboxylic acids is 1. The van der Waals surface area contributed by atoms with E-state index in [9.17, 15) is 4.79 Å². The van der Waals surface area contributed by atoms with E-state index in [1.165, 1.54) is 0 Å². The minimum Gasteiger partial charge on any atom is -0.493 e. The Hall–Kier alpha value is -2.04. The summed E-state index contributed by atoms with van der Waals surface area (Å²) in [5.74, 6) is 1.03. The van der Waals surface area contributed by atoms with Crippen LogP contribution in [0.25, 0.3) is 0 Å². The summed E-state index contributed by atoms with van der Waals surface area (Å²) in [4.78, 5) is 12.9. The Labute approximate surface area is 166 Å². The Balaban J connectivity index is 1.56. The number of ether oxygens (including phenoxy) is 1. The lowest BCUT2D eigenvalue weighted by molar-refractivity contribution is -0.133. The van der Waals surface area contributed by atoms with Crippen LogP contribution in [0.4, 0.5) is 0 Å². The third kappa shape index (κ3) is 5.02. The highest BCUT2D eigenvalue weighted by Gasteiger charge is 2.43.